The molecule has 3 N–H and O–H groups in total. The van der Waals surface area contributed by atoms with Gasteiger partial charge in [0, 0.05) is 55.0 Å². The predicted molar refractivity (Wildman–Crippen MR) is 118 cm³/mol. The fourth-order valence-corrected chi connectivity index (χ4v) is 3.55. The Morgan fingerprint density at radius 1 is 1.12 bits per heavy atom. The number of benzene rings is 2. The molecule has 1 fully saturated rings. The second kappa shape index (κ2) is 10.9. The number of hydrogen-bond acceptors (Lipinski definition) is 6. The molecule has 1 aliphatic heterocycles. The van der Waals surface area contributed by atoms with E-state index < -0.39 is 12.1 Å². The van der Waals surface area contributed by atoms with Gasteiger partial charge in [-0.1, -0.05) is 0 Å². The van der Waals surface area contributed by atoms with Gasteiger partial charge in [0.15, 0.2) is 5.78 Å². The van der Waals surface area contributed by atoms with Crippen LogP contribution >= 0.6 is 0 Å². The monoisotopic (exact) mass is 445 g/mol. The van der Waals surface area contributed by atoms with Crippen LogP contribution in [-0.4, -0.2) is 68.3 Å². The van der Waals surface area contributed by atoms with Gasteiger partial charge in [0.25, 0.3) is 0 Å². The van der Waals surface area contributed by atoms with Crippen LogP contribution in [0.3, 0.4) is 0 Å². The Morgan fingerprint density at radius 3 is 2.31 bits per heavy atom. The molecule has 32 heavy (non-hydrogen) atoms. The number of carbonyl (C=O) groups excluding carboxylic acids is 2. The number of ether oxygens (including phenoxy) is 2. The molecular weight excluding hydrogens is 417 g/mol. The first-order valence-electron chi connectivity index (χ1n) is 10.4. The molecule has 0 aliphatic carbocycles. The van der Waals surface area contributed by atoms with Crippen LogP contribution in [0.1, 0.15) is 16.8 Å². The van der Waals surface area contributed by atoms with E-state index in [0.29, 0.717) is 48.8 Å². The van der Waals surface area contributed by atoms with Crippen molar-refractivity contribution in [2.24, 2.45) is 5.92 Å². The first-order chi connectivity index (χ1) is 15.4. The smallest absolute Gasteiger partial charge is 0.319 e. The Balaban J connectivity index is 1.43. The first kappa shape index (κ1) is 23.5. The third-order valence-electron chi connectivity index (χ3n) is 5.42. The molecule has 1 heterocycles. The Morgan fingerprint density at radius 2 is 1.75 bits per heavy atom. The largest absolute Gasteiger partial charge is 0.497 e. The van der Waals surface area contributed by atoms with Crippen molar-refractivity contribution in [3.63, 3.8) is 0 Å². The van der Waals surface area contributed by atoms with Crippen molar-refractivity contribution >= 4 is 17.5 Å². The summed E-state index contributed by atoms with van der Waals surface area (Å²) in [5.41, 5.74) is 1.01. The van der Waals surface area contributed by atoms with Crippen LogP contribution in [0.5, 0.6) is 11.5 Å². The molecule has 1 saturated heterocycles. The van der Waals surface area contributed by atoms with E-state index in [1.54, 1.807) is 18.2 Å². The zero-order valence-electron chi connectivity index (χ0n) is 18.1. The third kappa shape index (κ3) is 6.18. The maximum Gasteiger partial charge on any atom is 0.319 e. The standard InChI is InChI=1S/C23H28FN3O5/c1-31-20-9-19(10-21(11-20)32-2)26-23(30)25-18(14-28)7-8-27-12-16(13-27)22(29)15-3-5-17(24)6-4-15/h3-6,9-11,16,18,28H,7-8,12-14H2,1-2H3,(H2,25,26,30)/t18-/m0/s1. The van der Waals surface area contributed by atoms with Crippen LogP contribution in [0, 0.1) is 11.7 Å². The fraction of sp³-hybridized carbons (Fsp3) is 0.391. The fourth-order valence-electron chi connectivity index (χ4n) is 3.55. The number of aliphatic hydroxyl groups is 1. The zero-order valence-corrected chi connectivity index (χ0v) is 18.1. The summed E-state index contributed by atoms with van der Waals surface area (Å²) < 4.78 is 23.4. The second-order valence-electron chi connectivity index (χ2n) is 7.70. The quantitative estimate of drug-likeness (QED) is 0.486. The molecule has 0 aromatic heterocycles. The second-order valence-corrected chi connectivity index (χ2v) is 7.70. The van der Waals surface area contributed by atoms with E-state index in [-0.39, 0.29) is 24.1 Å². The number of amides is 2. The van der Waals surface area contributed by atoms with E-state index in [1.807, 2.05) is 0 Å². The molecule has 2 aromatic rings. The van der Waals surface area contributed by atoms with Crippen LogP contribution in [0.4, 0.5) is 14.9 Å². The van der Waals surface area contributed by atoms with E-state index >= 15 is 0 Å². The number of halogens is 1. The van der Waals surface area contributed by atoms with Gasteiger partial charge in [0.05, 0.1) is 26.9 Å². The number of nitrogens with one attached hydrogen (secondary N) is 2. The minimum absolute atomic E-state index is 0.00572. The molecule has 0 spiro atoms. The Kier molecular flexibility index (Phi) is 8.02. The van der Waals surface area contributed by atoms with Crippen molar-refractivity contribution < 1.29 is 28.6 Å². The number of carbonyl (C=O) groups is 2. The molecule has 0 radical (unpaired) electrons. The summed E-state index contributed by atoms with van der Waals surface area (Å²) in [6.45, 7) is 1.63. The normalized spacial score (nSPS) is 14.9. The lowest BCUT2D eigenvalue weighted by molar-refractivity contribution is 0.0601. The Labute approximate surface area is 186 Å². The summed E-state index contributed by atoms with van der Waals surface area (Å²) in [5, 5.41) is 15.1. The number of urea groups is 1. The van der Waals surface area contributed by atoms with Gasteiger partial charge in [-0.3, -0.25) is 4.79 Å². The van der Waals surface area contributed by atoms with E-state index in [2.05, 4.69) is 15.5 Å². The number of Topliss-reactive ketones (excluding diaryl/α,β-unsaturated/α-hetero) is 1. The number of aliphatic hydroxyl groups excluding tert-OH is 1. The summed E-state index contributed by atoms with van der Waals surface area (Å²) in [5.74, 6) is 0.606. The summed E-state index contributed by atoms with van der Waals surface area (Å²) >= 11 is 0. The maximum atomic E-state index is 13.0. The number of anilines is 1. The molecule has 172 valence electrons. The topological polar surface area (TPSA) is 100 Å². The summed E-state index contributed by atoms with van der Waals surface area (Å²) in [4.78, 5) is 26.8. The molecule has 0 bridgehead atoms. The third-order valence-corrected chi connectivity index (χ3v) is 5.42. The van der Waals surface area contributed by atoms with Crippen molar-refractivity contribution in [2.45, 2.75) is 12.5 Å². The minimum Gasteiger partial charge on any atom is -0.497 e. The van der Waals surface area contributed by atoms with Crippen LogP contribution < -0.4 is 20.1 Å². The molecule has 0 saturated carbocycles. The van der Waals surface area contributed by atoms with Crippen LogP contribution in [0.2, 0.25) is 0 Å². The molecule has 3 rings (SSSR count). The molecule has 8 nitrogen and oxygen atoms in total. The van der Waals surface area contributed by atoms with E-state index in [1.165, 1.54) is 38.5 Å². The number of nitrogens with zero attached hydrogens (tertiary/aromatic N) is 1. The number of hydrogen-bond donors (Lipinski definition) is 3. The summed E-state index contributed by atoms with van der Waals surface area (Å²) in [6.07, 6.45) is 0.531. The van der Waals surface area contributed by atoms with Crippen molar-refractivity contribution in [1.82, 2.24) is 10.2 Å². The van der Waals surface area contributed by atoms with Crippen LogP contribution in [-0.2, 0) is 0 Å². The average Bonchev–Trinajstić information content (AvgIpc) is 2.77. The van der Waals surface area contributed by atoms with Gasteiger partial charge in [0.2, 0.25) is 0 Å². The summed E-state index contributed by atoms with van der Waals surface area (Å²) in [6, 6.07) is 9.71. The van der Waals surface area contributed by atoms with Gasteiger partial charge in [-0.05, 0) is 30.7 Å². The highest BCUT2D eigenvalue weighted by Gasteiger charge is 2.33. The van der Waals surface area contributed by atoms with Gasteiger partial charge in [-0.2, -0.15) is 0 Å². The van der Waals surface area contributed by atoms with Crippen molar-refractivity contribution in [3.05, 3.63) is 53.8 Å². The van der Waals surface area contributed by atoms with Gasteiger partial charge in [-0.25, -0.2) is 9.18 Å². The average molecular weight is 445 g/mol. The van der Waals surface area contributed by atoms with Crippen molar-refractivity contribution in [3.8, 4) is 11.5 Å². The van der Waals surface area contributed by atoms with Crippen molar-refractivity contribution in [2.75, 3.05) is 45.8 Å². The molecule has 0 unspecified atom stereocenters. The van der Waals surface area contributed by atoms with E-state index in [0.717, 1.165) is 0 Å². The van der Waals surface area contributed by atoms with Gasteiger partial charge >= 0.3 is 6.03 Å². The molecule has 2 amide bonds. The minimum atomic E-state index is -0.452. The first-order valence-corrected chi connectivity index (χ1v) is 10.4. The maximum absolute atomic E-state index is 13.0. The Bertz CT molecular complexity index is 909. The van der Waals surface area contributed by atoms with E-state index in [4.69, 9.17) is 9.47 Å². The lowest BCUT2D eigenvalue weighted by Crippen LogP contribution is -2.52. The van der Waals surface area contributed by atoms with Crippen molar-refractivity contribution in [1.29, 1.82) is 0 Å². The lowest BCUT2D eigenvalue weighted by Gasteiger charge is -2.39. The van der Waals surface area contributed by atoms with E-state index in [9.17, 15) is 19.1 Å². The highest BCUT2D eigenvalue weighted by Crippen LogP contribution is 2.26. The van der Waals surface area contributed by atoms with Gasteiger partial charge in [0.1, 0.15) is 17.3 Å². The number of methoxy groups -OCH3 is 2. The van der Waals surface area contributed by atoms with Gasteiger partial charge in [-0.15, -0.1) is 0 Å². The number of ketones is 1. The summed E-state index contributed by atoms with van der Waals surface area (Å²) in [7, 11) is 3.04. The zero-order chi connectivity index (χ0) is 23.1. The Hall–Kier alpha value is -3.17. The number of rotatable bonds is 10. The van der Waals surface area contributed by atoms with Gasteiger partial charge < -0.3 is 30.1 Å². The highest BCUT2D eigenvalue weighted by molar-refractivity contribution is 5.98. The lowest BCUT2D eigenvalue weighted by atomic mass is 9.90. The SMILES string of the molecule is COc1cc(NC(=O)N[C@H](CO)CCN2CC(C(=O)c3ccc(F)cc3)C2)cc(OC)c1. The molecule has 1 aliphatic rings. The molecule has 2 aromatic carbocycles. The van der Waals surface area contributed by atoms with Crippen LogP contribution in [0.25, 0.3) is 0 Å². The highest BCUT2D eigenvalue weighted by atomic mass is 19.1. The molecular formula is C23H28FN3O5. The predicted octanol–water partition coefficient (Wildman–Crippen LogP) is 2.53. The molecule has 9 heteroatoms. The number of likely N-dealkylation sites (tertiary alicyclic amines) is 1. The molecule has 1 atom stereocenters. The van der Waals surface area contributed by atoms with Crippen LogP contribution in [0.15, 0.2) is 42.5 Å².